The van der Waals surface area contributed by atoms with Crippen LogP contribution in [0.2, 0.25) is 0 Å². The van der Waals surface area contributed by atoms with E-state index in [0.717, 1.165) is 12.1 Å². The van der Waals surface area contributed by atoms with Crippen LogP contribution < -0.4 is 15.2 Å². The number of hydrogen-bond donors (Lipinski definition) is 1. The zero-order valence-electron chi connectivity index (χ0n) is 11.4. The first-order valence-corrected chi connectivity index (χ1v) is 5.99. The number of nitrogen functional groups attached to an aromatic ring is 1. The summed E-state index contributed by atoms with van der Waals surface area (Å²) in [7, 11) is 2.70. The van der Waals surface area contributed by atoms with Gasteiger partial charge in [-0.25, -0.2) is 8.78 Å². The van der Waals surface area contributed by atoms with Crippen molar-refractivity contribution >= 4 is 11.5 Å². The van der Waals surface area contributed by atoms with Crippen LogP contribution in [0.4, 0.5) is 14.5 Å². The summed E-state index contributed by atoms with van der Waals surface area (Å²) in [5.74, 6) is -2.11. The molecule has 0 saturated carbocycles. The number of halogens is 2. The number of nitrogens with two attached hydrogens (primary N) is 1. The number of carbonyl (C=O) groups excluding carboxylic acids is 1. The Hall–Kier alpha value is -2.63. The molecule has 2 N–H and O–H groups in total. The summed E-state index contributed by atoms with van der Waals surface area (Å²) in [6.07, 6.45) is 0. The lowest BCUT2D eigenvalue weighted by Crippen LogP contribution is -2.08. The molecule has 110 valence electrons. The number of ether oxygens (including phenoxy) is 2. The minimum absolute atomic E-state index is 0.143. The second-order valence-corrected chi connectivity index (χ2v) is 4.26. The van der Waals surface area contributed by atoms with Gasteiger partial charge in [0.1, 0.15) is 11.6 Å². The van der Waals surface area contributed by atoms with Crippen molar-refractivity contribution < 1.29 is 23.0 Å². The Labute approximate surface area is 120 Å². The molecule has 2 rings (SSSR count). The fraction of sp³-hybridized carbons (Fsp3) is 0.133. The molecule has 0 aromatic heterocycles. The fourth-order valence-corrected chi connectivity index (χ4v) is 1.89. The molecule has 0 bridgehead atoms. The van der Waals surface area contributed by atoms with Crippen molar-refractivity contribution in [1.82, 2.24) is 0 Å². The summed E-state index contributed by atoms with van der Waals surface area (Å²) < 4.78 is 37.7. The van der Waals surface area contributed by atoms with E-state index in [0.29, 0.717) is 0 Å². The van der Waals surface area contributed by atoms with Crippen LogP contribution in [0, 0.1) is 11.6 Å². The Kier molecular flexibility index (Phi) is 4.07. The molecule has 21 heavy (non-hydrogen) atoms. The van der Waals surface area contributed by atoms with Gasteiger partial charge in [0.25, 0.3) is 0 Å². The van der Waals surface area contributed by atoms with Crippen LogP contribution in [0.15, 0.2) is 30.3 Å². The van der Waals surface area contributed by atoms with Gasteiger partial charge in [0.2, 0.25) is 0 Å². The molecule has 0 amide bonds. The van der Waals surface area contributed by atoms with Gasteiger partial charge in [-0.05, 0) is 24.3 Å². The van der Waals surface area contributed by atoms with Crippen molar-refractivity contribution in [2.45, 2.75) is 0 Å². The lowest BCUT2D eigenvalue weighted by atomic mass is 10.0. The maximum absolute atomic E-state index is 14.0. The van der Waals surface area contributed by atoms with Crippen molar-refractivity contribution in [3.05, 3.63) is 53.1 Å². The highest BCUT2D eigenvalue weighted by atomic mass is 19.1. The molecule has 6 heteroatoms. The zero-order valence-corrected chi connectivity index (χ0v) is 11.4. The number of rotatable bonds is 4. The molecule has 0 aliphatic rings. The summed E-state index contributed by atoms with van der Waals surface area (Å²) in [4.78, 5) is 12.2. The lowest BCUT2D eigenvalue weighted by molar-refractivity contribution is 0.103. The molecule has 0 spiro atoms. The Morgan fingerprint density at radius 1 is 0.952 bits per heavy atom. The molecule has 0 saturated heterocycles. The van der Waals surface area contributed by atoms with Crippen molar-refractivity contribution in [1.29, 1.82) is 0 Å². The molecule has 2 aromatic carbocycles. The Morgan fingerprint density at radius 2 is 1.52 bits per heavy atom. The molecule has 0 unspecified atom stereocenters. The minimum Gasteiger partial charge on any atom is -0.493 e. The summed E-state index contributed by atoms with van der Waals surface area (Å²) in [5.41, 5.74) is 5.02. The minimum atomic E-state index is -0.825. The highest BCUT2D eigenvalue weighted by Gasteiger charge is 2.21. The van der Waals surface area contributed by atoms with E-state index in [9.17, 15) is 13.6 Å². The Bertz CT molecular complexity index is 702. The quantitative estimate of drug-likeness (QED) is 0.695. The number of hydrogen-bond acceptors (Lipinski definition) is 4. The standard InChI is InChI=1S/C15H13F2NO3/c1-20-13-6-10(12(17)7-14(13)21-2)15(19)9-4-3-8(18)5-11(9)16/h3-7H,18H2,1-2H3. The summed E-state index contributed by atoms with van der Waals surface area (Å²) >= 11 is 0. The molecular weight excluding hydrogens is 280 g/mol. The van der Waals surface area contributed by atoms with Gasteiger partial charge in [0, 0.05) is 11.8 Å². The lowest BCUT2D eigenvalue weighted by Gasteiger charge is -2.11. The molecule has 4 nitrogen and oxygen atoms in total. The van der Waals surface area contributed by atoms with Crippen LogP contribution >= 0.6 is 0 Å². The first kappa shape index (κ1) is 14.8. The van der Waals surface area contributed by atoms with Gasteiger partial charge in [0.15, 0.2) is 17.3 Å². The molecule has 0 aliphatic carbocycles. The first-order chi connectivity index (χ1) is 9.97. The average molecular weight is 293 g/mol. The van der Waals surface area contributed by atoms with Crippen LogP contribution in [-0.2, 0) is 0 Å². The summed E-state index contributed by atoms with van der Waals surface area (Å²) in [6.45, 7) is 0. The smallest absolute Gasteiger partial charge is 0.199 e. The SMILES string of the molecule is COc1cc(F)c(C(=O)c2ccc(N)cc2F)cc1OC. The third-order valence-electron chi connectivity index (χ3n) is 2.96. The van der Waals surface area contributed by atoms with Crippen molar-refractivity contribution in [2.75, 3.05) is 20.0 Å². The zero-order chi connectivity index (χ0) is 15.6. The van der Waals surface area contributed by atoms with E-state index < -0.39 is 17.4 Å². The highest BCUT2D eigenvalue weighted by molar-refractivity contribution is 6.09. The van der Waals surface area contributed by atoms with Gasteiger partial charge >= 0.3 is 0 Å². The van der Waals surface area contributed by atoms with Gasteiger partial charge < -0.3 is 15.2 Å². The maximum atomic E-state index is 14.0. The largest absolute Gasteiger partial charge is 0.493 e. The number of carbonyl (C=O) groups is 1. The average Bonchev–Trinajstić information content (AvgIpc) is 2.46. The van der Waals surface area contributed by atoms with E-state index in [1.165, 1.54) is 32.4 Å². The van der Waals surface area contributed by atoms with Crippen LogP contribution in [0.3, 0.4) is 0 Å². The van der Waals surface area contributed by atoms with Crippen molar-refractivity contribution in [3.8, 4) is 11.5 Å². The third-order valence-corrected chi connectivity index (χ3v) is 2.96. The van der Waals surface area contributed by atoms with E-state index in [4.69, 9.17) is 15.2 Å². The normalized spacial score (nSPS) is 10.3. The van der Waals surface area contributed by atoms with Crippen LogP contribution in [0.5, 0.6) is 11.5 Å². The number of methoxy groups -OCH3 is 2. The van der Waals surface area contributed by atoms with E-state index in [1.54, 1.807) is 0 Å². The maximum Gasteiger partial charge on any atom is 0.199 e. The Balaban J connectivity index is 2.53. The molecule has 0 heterocycles. The van der Waals surface area contributed by atoms with E-state index in [-0.39, 0.29) is 28.3 Å². The van der Waals surface area contributed by atoms with E-state index in [1.807, 2.05) is 0 Å². The highest BCUT2D eigenvalue weighted by Crippen LogP contribution is 2.31. The van der Waals surface area contributed by atoms with Crippen LogP contribution in [-0.4, -0.2) is 20.0 Å². The topological polar surface area (TPSA) is 61.5 Å². The molecule has 2 aromatic rings. The molecule has 0 aliphatic heterocycles. The number of benzene rings is 2. The molecular formula is C15H13F2NO3. The van der Waals surface area contributed by atoms with Crippen molar-refractivity contribution in [3.63, 3.8) is 0 Å². The first-order valence-electron chi connectivity index (χ1n) is 5.99. The Morgan fingerprint density at radius 3 is 2.10 bits per heavy atom. The van der Waals surface area contributed by atoms with Gasteiger partial charge in [-0.15, -0.1) is 0 Å². The van der Waals surface area contributed by atoms with Gasteiger partial charge in [-0.3, -0.25) is 4.79 Å². The van der Waals surface area contributed by atoms with Gasteiger partial charge in [0.05, 0.1) is 25.3 Å². The summed E-state index contributed by atoms with van der Waals surface area (Å²) in [5, 5.41) is 0. The van der Waals surface area contributed by atoms with Crippen LogP contribution in [0.1, 0.15) is 15.9 Å². The second-order valence-electron chi connectivity index (χ2n) is 4.26. The van der Waals surface area contributed by atoms with Crippen LogP contribution in [0.25, 0.3) is 0 Å². The van der Waals surface area contributed by atoms with E-state index in [2.05, 4.69) is 0 Å². The fourth-order valence-electron chi connectivity index (χ4n) is 1.89. The predicted molar refractivity (Wildman–Crippen MR) is 73.7 cm³/mol. The molecule has 0 fully saturated rings. The predicted octanol–water partition coefficient (Wildman–Crippen LogP) is 2.80. The van der Waals surface area contributed by atoms with Gasteiger partial charge in [-0.1, -0.05) is 0 Å². The molecule has 0 atom stereocenters. The monoisotopic (exact) mass is 293 g/mol. The van der Waals surface area contributed by atoms with Crippen molar-refractivity contribution in [2.24, 2.45) is 0 Å². The van der Waals surface area contributed by atoms with E-state index >= 15 is 0 Å². The number of anilines is 1. The molecule has 0 radical (unpaired) electrons. The summed E-state index contributed by atoms with van der Waals surface area (Å²) in [6, 6.07) is 5.78. The third kappa shape index (κ3) is 2.79. The number of ketones is 1. The van der Waals surface area contributed by atoms with Gasteiger partial charge in [-0.2, -0.15) is 0 Å². The second kappa shape index (κ2) is 5.78.